The molecular weight excluding hydrogens is 322 g/mol. The van der Waals surface area contributed by atoms with Gasteiger partial charge in [-0.1, -0.05) is 29.8 Å². The summed E-state index contributed by atoms with van der Waals surface area (Å²) in [7, 11) is -3.53. The highest BCUT2D eigenvalue weighted by molar-refractivity contribution is 7.89. The van der Waals surface area contributed by atoms with E-state index < -0.39 is 10.0 Å². The van der Waals surface area contributed by atoms with Crippen LogP contribution in [0.5, 0.6) is 0 Å². The lowest BCUT2D eigenvalue weighted by atomic mass is 10.2. The summed E-state index contributed by atoms with van der Waals surface area (Å²) in [4.78, 5) is 0.321. The number of nitrogens with one attached hydrogen (secondary N) is 1. The van der Waals surface area contributed by atoms with Crippen LogP contribution in [-0.2, 0) is 16.6 Å². The number of hydrogen-bond acceptors (Lipinski definition) is 3. The van der Waals surface area contributed by atoms with Gasteiger partial charge in [-0.15, -0.1) is 0 Å². The van der Waals surface area contributed by atoms with Crippen LogP contribution in [0.2, 0.25) is 0 Å². The second-order valence-electron chi connectivity index (χ2n) is 5.71. The minimum atomic E-state index is -3.53. The average molecular weight is 341 g/mol. The molecular formula is C18H19N3O2S. The summed E-state index contributed by atoms with van der Waals surface area (Å²) >= 11 is 0. The Kier molecular flexibility index (Phi) is 4.51. The second kappa shape index (κ2) is 6.59. The fraction of sp³-hybridized carbons (Fsp3) is 0.167. The molecule has 0 radical (unpaired) electrons. The largest absolute Gasteiger partial charge is 0.241 e. The van der Waals surface area contributed by atoms with E-state index >= 15 is 0 Å². The van der Waals surface area contributed by atoms with Crippen molar-refractivity contribution in [1.82, 2.24) is 14.5 Å². The quantitative estimate of drug-likeness (QED) is 0.776. The van der Waals surface area contributed by atoms with Crippen LogP contribution >= 0.6 is 0 Å². The molecule has 5 nitrogen and oxygen atoms in total. The molecule has 0 aliphatic rings. The lowest BCUT2D eigenvalue weighted by Crippen LogP contribution is -2.24. The van der Waals surface area contributed by atoms with E-state index in [-0.39, 0.29) is 6.54 Å². The number of nitrogens with zero attached hydrogens (tertiary/aromatic N) is 2. The van der Waals surface area contributed by atoms with Gasteiger partial charge < -0.3 is 0 Å². The molecule has 3 aromatic rings. The number of rotatable bonds is 5. The summed E-state index contributed by atoms with van der Waals surface area (Å²) in [6.07, 6.45) is 3.57. The third-order valence-electron chi connectivity index (χ3n) is 3.79. The molecule has 0 aliphatic heterocycles. The molecule has 1 N–H and O–H groups in total. The smallest absolute Gasteiger partial charge is 0.241 e. The van der Waals surface area contributed by atoms with Crippen molar-refractivity contribution in [3.05, 3.63) is 77.6 Å². The van der Waals surface area contributed by atoms with Crippen molar-refractivity contribution in [1.29, 1.82) is 0 Å². The van der Waals surface area contributed by atoms with Crippen molar-refractivity contribution in [2.75, 3.05) is 0 Å². The number of sulfonamides is 1. The molecule has 0 amide bonds. The molecule has 0 fully saturated rings. The monoisotopic (exact) mass is 341 g/mol. The van der Waals surface area contributed by atoms with Crippen molar-refractivity contribution < 1.29 is 8.42 Å². The fourth-order valence-corrected chi connectivity index (χ4v) is 3.79. The molecule has 0 bridgehead atoms. The predicted molar refractivity (Wildman–Crippen MR) is 93.5 cm³/mol. The normalized spacial score (nSPS) is 11.6. The van der Waals surface area contributed by atoms with Crippen LogP contribution in [0.15, 0.2) is 65.8 Å². The maximum absolute atomic E-state index is 12.5. The van der Waals surface area contributed by atoms with E-state index in [0.717, 1.165) is 22.4 Å². The number of benzene rings is 2. The summed E-state index contributed by atoms with van der Waals surface area (Å²) < 4.78 is 29.3. The van der Waals surface area contributed by atoms with Gasteiger partial charge in [-0.3, -0.25) is 0 Å². The first-order valence-corrected chi connectivity index (χ1v) is 9.10. The van der Waals surface area contributed by atoms with Gasteiger partial charge in [-0.2, -0.15) is 5.10 Å². The number of aromatic nitrogens is 2. The Morgan fingerprint density at radius 3 is 2.46 bits per heavy atom. The first-order chi connectivity index (χ1) is 11.5. The molecule has 0 saturated heterocycles. The molecule has 0 aliphatic carbocycles. The highest BCUT2D eigenvalue weighted by Crippen LogP contribution is 2.17. The summed E-state index contributed by atoms with van der Waals surface area (Å²) in [5, 5.41) is 4.16. The third kappa shape index (κ3) is 3.55. The molecule has 1 aromatic heterocycles. The highest BCUT2D eigenvalue weighted by atomic mass is 32.2. The van der Waals surface area contributed by atoms with Crippen molar-refractivity contribution >= 4 is 10.0 Å². The molecule has 1 heterocycles. The Labute approximate surface area is 142 Å². The zero-order chi connectivity index (χ0) is 17.2. The molecule has 0 saturated carbocycles. The summed E-state index contributed by atoms with van der Waals surface area (Å²) in [5.41, 5.74) is 3.61. The Morgan fingerprint density at radius 1 is 1.08 bits per heavy atom. The van der Waals surface area contributed by atoms with Gasteiger partial charge in [0.15, 0.2) is 0 Å². The van der Waals surface area contributed by atoms with E-state index in [1.165, 1.54) is 0 Å². The highest BCUT2D eigenvalue weighted by Gasteiger charge is 2.16. The molecule has 0 spiro atoms. The Hall–Kier alpha value is -2.44. The summed E-state index contributed by atoms with van der Waals surface area (Å²) in [5.74, 6) is 0. The second-order valence-corrected chi connectivity index (χ2v) is 7.45. The van der Waals surface area contributed by atoms with Crippen LogP contribution in [0.1, 0.15) is 16.7 Å². The van der Waals surface area contributed by atoms with Crippen LogP contribution in [0.3, 0.4) is 0 Å². The van der Waals surface area contributed by atoms with Crippen LogP contribution in [0.25, 0.3) is 5.69 Å². The van der Waals surface area contributed by atoms with Crippen LogP contribution in [0, 0.1) is 13.8 Å². The van der Waals surface area contributed by atoms with E-state index in [2.05, 4.69) is 9.82 Å². The summed E-state index contributed by atoms with van der Waals surface area (Å²) in [6, 6.07) is 14.8. The standard InChI is InChI=1S/C18H19N3O2S/c1-14-4-9-18(15(2)12-14)24(22,23)20-13-16-5-7-17(8-6-16)21-11-3-10-19-21/h3-12,20H,13H2,1-2H3. The zero-order valence-corrected chi connectivity index (χ0v) is 14.4. The van der Waals surface area contributed by atoms with Crippen LogP contribution in [0.4, 0.5) is 0 Å². The lowest BCUT2D eigenvalue weighted by Gasteiger charge is -2.10. The van der Waals surface area contributed by atoms with Gasteiger partial charge in [-0.05, 0) is 49.2 Å². The fourth-order valence-electron chi connectivity index (χ4n) is 2.55. The minimum absolute atomic E-state index is 0.245. The molecule has 24 heavy (non-hydrogen) atoms. The molecule has 2 aromatic carbocycles. The molecule has 6 heteroatoms. The van der Waals surface area contributed by atoms with Crippen LogP contribution in [-0.4, -0.2) is 18.2 Å². The van der Waals surface area contributed by atoms with E-state index in [1.54, 1.807) is 29.9 Å². The molecule has 0 atom stereocenters. The van der Waals surface area contributed by atoms with Gasteiger partial charge in [0.2, 0.25) is 10.0 Å². The van der Waals surface area contributed by atoms with Gasteiger partial charge in [-0.25, -0.2) is 17.8 Å². The molecule has 3 rings (SSSR count). The van der Waals surface area contributed by atoms with Gasteiger partial charge >= 0.3 is 0 Å². The number of aryl methyl sites for hydroxylation is 2. The van der Waals surface area contributed by atoms with Gasteiger partial charge in [0, 0.05) is 18.9 Å². The van der Waals surface area contributed by atoms with Crippen molar-refractivity contribution in [2.24, 2.45) is 0 Å². The van der Waals surface area contributed by atoms with Gasteiger partial charge in [0.25, 0.3) is 0 Å². The van der Waals surface area contributed by atoms with Gasteiger partial charge in [0.1, 0.15) is 0 Å². The molecule has 0 unspecified atom stereocenters. The molecule has 124 valence electrons. The van der Waals surface area contributed by atoms with Crippen molar-refractivity contribution in [3.8, 4) is 5.69 Å². The Bertz CT molecular complexity index is 931. The van der Waals surface area contributed by atoms with E-state index in [4.69, 9.17) is 0 Å². The SMILES string of the molecule is Cc1ccc(S(=O)(=O)NCc2ccc(-n3cccn3)cc2)c(C)c1. The zero-order valence-electron chi connectivity index (χ0n) is 13.6. The number of hydrogen-bond donors (Lipinski definition) is 1. The van der Waals surface area contributed by atoms with Crippen molar-refractivity contribution in [3.63, 3.8) is 0 Å². The Balaban J connectivity index is 1.73. The average Bonchev–Trinajstić information content (AvgIpc) is 3.07. The summed E-state index contributed by atoms with van der Waals surface area (Å²) in [6.45, 7) is 3.99. The predicted octanol–water partition coefficient (Wildman–Crippen LogP) is 2.97. The topological polar surface area (TPSA) is 64.0 Å². The lowest BCUT2D eigenvalue weighted by molar-refractivity contribution is 0.580. The maximum Gasteiger partial charge on any atom is 0.241 e. The Morgan fingerprint density at radius 2 is 1.83 bits per heavy atom. The maximum atomic E-state index is 12.5. The van der Waals surface area contributed by atoms with Gasteiger partial charge in [0.05, 0.1) is 10.6 Å². The van der Waals surface area contributed by atoms with Crippen LogP contribution < -0.4 is 4.72 Å². The van der Waals surface area contributed by atoms with Crippen molar-refractivity contribution in [2.45, 2.75) is 25.3 Å². The van der Waals surface area contributed by atoms with E-state index in [0.29, 0.717) is 4.90 Å². The first-order valence-electron chi connectivity index (χ1n) is 7.61. The first kappa shape index (κ1) is 16.4. The van der Waals surface area contributed by atoms with E-state index in [1.807, 2.05) is 49.5 Å². The van der Waals surface area contributed by atoms with E-state index in [9.17, 15) is 8.42 Å². The third-order valence-corrected chi connectivity index (χ3v) is 5.35. The minimum Gasteiger partial charge on any atom is -0.241 e.